The Morgan fingerprint density at radius 3 is 2.38 bits per heavy atom. The fraction of sp³-hybridized carbons (Fsp3) is 0.486. The molecule has 52 heavy (non-hydrogen) atoms. The Bertz CT molecular complexity index is 1900. The Kier molecular flexibility index (Phi) is 10.2. The maximum Gasteiger partial charge on any atom is 0.274 e. The number of ether oxygens (including phenoxy) is 2. The van der Waals surface area contributed by atoms with Crippen LogP contribution in [0.3, 0.4) is 0 Å². The van der Waals surface area contributed by atoms with Crippen molar-refractivity contribution in [1.82, 2.24) is 14.5 Å². The first kappa shape index (κ1) is 37.7. The quantitative estimate of drug-likeness (QED) is 0.264. The van der Waals surface area contributed by atoms with Crippen molar-refractivity contribution in [2.45, 2.75) is 95.2 Å². The number of hydrogen-bond donors (Lipinski definition) is 1. The predicted octanol–water partition coefficient (Wildman–Crippen LogP) is 5.67. The minimum atomic E-state index is -2.28. The highest BCUT2D eigenvalue weighted by Gasteiger charge is 2.57. The Labute approximate surface area is 301 Å². The van der Waals surface area contributed by atoms with Gasteiger partial charge in [0.15, 0.2) is 19.8 Å². The fourth-order valence-corrected chi connectivity index (χ4v) is 8.09. The number of amides is 2. The summed E-state index contributed by atoms with van der Waals surface area (Å²) in [6, 6.07) is 9.05. The highest BCUT2D eigenvalue weighted by Crippen LogP contribution is 2.49. The van der Waals surface area contributed by atoms with Crippen LogP contribution in [0.4, 0.5) is 13.2 Å². The summed E-state index contributed by atoms with van der Waals surface area (Å²) in [5.74, 6) is -5.03. The van der Waals surface area contributed by atoms with Crippen LogP contribution in [0.25, 0.3) is 0 Å². The minimum absolute atomic E-state index is 0.0723. The lowest BCUT2D eigenvalue weighted by atomic mass is 9.85. The number of pyridine rings is 1. The van der Waals surface area contributed by atoms with E-state index in [-0.39, 0.29) is 48.2 Å². The van der Waals surface area contributed by atoms with Gasteiger partial charge in [-0.3, -0.25) is 19.2 Å². The molecule has 4 heterocycles. The molecular formula is C37H45F3N4O7Si. The van der Waals surface area contributed by atoms with Crippen LogP contribution in [-0.2, 0) is 27.2 Å². The van der Waals surface area contributed by atoms with Crippen molar-refractivity contribution in [1.29, 1.82) is 0 Å². The summed E-state index contributed by atoms with van der Waals surface area (Å²) in [5.41, 5.74) is 3.57. The summed E-state index contributed by atoms with van der Waals surface area (Å²) in [5, 5.41) is 1.21. The van der Waals surface area contributed by atoms with Gasteiger partial charge in [0.1, 0.15) is 41.5 Å². The zero-order valence-corrected chi connectivity index (χ0v) is 31.2. The van der Waals surface area contributed by atoms with Crippen molar-refractivity contribution in [3.63, 3.8) is 0 Å². The van der Waals surface area contributed by atoms with Gasteiger partial charge in [-0.2, -0.15) is 5.06 Å². The van der Waals surface area contributed by atoms with Gasteiger partial charge in [-0.15, -0.1) is 0 Å². The molecule has 1 spiro atoms. The third kappa shape index (κ3) is 6.91. The largest absolute Gasteiger partial charge is 0.483 e. The van der Waals surface area contributed by atoms with E-state index in [0.717, 1.165) is 5.56 Å². The van der Waals surface area contributed by atoms with Crippen LogP contribution in [0, 0.1) is 17.5 Å². The van der Waals surface area contributed by atoms with Gasteiger partial charge in [-0.1, -0.05) is 51.1 Å². The maximum absolute atomic E-state index is 14.9. The maximum atomic E-state index is 14.9. The molecule has 3 aliphatic heterocycles. The number of carbonyl (C=O) groups excluding carboxylic acids is 2. The van der Waals surface area contributed by atoms with Crippen LogP contribution < -0.4 is 15.9 Å². The molecule has 1 unspecified atom stereocenters. The van der Waals surface area contributed by atoms with Gasteiger partial charge in [0.2, 0.25) is 5.43 Å². The molecule has 2 N–H and O–H groups in total. The van der Waals surface area contributed by atoms with Gasteiger partial charge in [0.25, 0.3) is 11.8 Å². The average Bonchev–Trinajstić information content (AvgIpc) is 3.37. The van der Waals surface area contributed by atoms with E-state index in [0.29, 0.717) is 25.0 Å². The molecule has 2 aromatic carbocycles. The Hall–Kier alpha value is -4.02. The van der Waals surface area contributed by atoms with Crippen LogP contribution >= 0.6 is 0 Å². The second-order valence-electron chi connectivity index (χ2n) is 15.3. The van der Waals surface area contributed by atoms with Crippen molar-refractivity contribution in [2.24, 2.45) is 5.73 Å². The molecule has 0 radical (unpaired) electrons. The van der Waals surface area contributed by atoms with Crippen LogP contribution in [0.15, 0.2) is 53.5 Å². The summed E-state index contributed by atoms with van der Waals surface area (Å²) >= 11 is 0. The van der Waals surface area contributed by atoms with Crippen molar-refractivity contribution in [2.75, 3.05) is 20.3 Å². The normalized spacial score (nSPS) is 23.5. The molecule has 15 heteroatoms. The molecule has 0 aliphatic carbocycles. The molecule has 11 nitrogen and oxygen atoms in total. The van der Waals surface area contributed by atoms with E-state index in [4.69, 9.17) is 24.5 Å². The topological polar surface area (TPSA) is 126 Å². The van der Waals surface area contributed by atoms with E-state index in [1.165, 1.54) is 22.9 Å². The lowest BCUT2D eigenvalue weighted by Crippen LogP contribution is -2.54. The monoisotopic (exact) mass is 742 g/mol. The molecule has 1 aromatic heterocycles. The average molecular weight is 743 g/mol. The molecule has 2 fully saturated rings. The van der Waals surface area contributed by atoms with Gasteiger partial charge in [0.05, 0.1) is 25.2 Å². The van der Waals surface area contributed by atoms with E-state index in [1.807, 2.05) is 18.2 Å². The predicted molar refractivity (Wildman–Crippen MR) is 187 cm³/mol. The summed E-state index contributed by atoms with van der Waals surface area (Å²) in [6.45, 7) is 10.4. The Balaban J connectivity index is 1.47. The first-order valence-corrected chi connectivity index (χ1v) is 20.2. The molecule has 0 saturated carbocycles. The van der Waals surface area contributed by atoms with Crippen molar-refractivity contribution >= 4 is 20.1 Å². The molecule has 2 bridgehead atoms. The van der Waals surface area contributed by atoms with Crippen molar-refractivity contribution < 1.29 is 41.5 Å². The summed E-state index contributed by atoms with van der Waals surface area (Å²) in [4.78, 5) is 49.6. The Morgan fingerprint density at radius 2 is 1.77 bits per heavy atom. The lowest BCUT2D eigenvalue weighted by molar-refractivity contribution is -0.253. The van der Waals surface area contributed by atoms with Gasteiger partial charge in [0, 0.05) is 44.0 Å². The SMILES string of the molecule is COC1C[C@]2(CC[C@H](CO[Si](C)(C)C(C)(C)C)N3C[C@H]2n2cc(C(N)=O)c(=O)c(OCc4ccccc4)c2C3=O)ON1Cc1c(F)cc(F)cc1F. The number of nitrogens with zero attached hydrogens (tertiary/aromatic N) is 3. The number of fused-ring (bicyclic) bond motifs is 5. The third-order valence-electron chi connectivity index (χ3n) is 11.1. The van der Waals surface area contributed by atoms with E-state index < -0.39 is 79.0 Å². The van der Waals surface area contributed by atoms with Gasteiger partial charge >= 0.3 is 0 Å². The molecule has 4 atom stereocenters. The van der Waals surface area contributed by atoms with Crippen molar-refractivity contribution in [3.05, 3.63) is 98.7 Å². The number of methoxy groups -OCH3 is 1. The summed E-state index contributed by atoms with van der Waals surface area (Å²) in [6.07, 6.45) is 1.37. The second-order valence-corrected chi connectivity index (χ2v) is 20.1. The van der Waals surface area contributed by atoms with Gasteiger partial charge in [-0.05, 0) is 36.5 Å². The van der Waals surface area contributed by atoms with Gasteiger partial charge in [-0.25, -0.2) is 13.2 Å². The number of nitrogens with two attached hydrogens (primary N) is 1. The third-order valence-corrected chi connectivity index (χ3v) is 15.6. The highest BCUT2D eigenvalue weighted by molar-refractivity contribution is 6.74. The highest BCUT2D eigenvalue weighted by atomic mass is 28.4. The summed E-state index contributed by atoms with van der Waals surface area (Å²) < 4.78 is 63.7. The number of carbonyl (C=O) groups is 2. The summed E-state index contributed by atoms with van der Waals surface area (Å²) in [7, 11) is -0.846. The van der Waals surface area contributed by atoms with E-state index in [1.54, 1.807) is 17.0 Å². The molecule has 3 aliphatic rings. The minimum Gasteiger partial charge on any atom is -0.483 e. The zero-order valence-electron chi connectivity index (χ0n) is 30.2. The number of rotatable bonds is 10. The standard InChI is InChI=1S/C37H45F3N4O7Si/c1-36(2,3)52(5,6)50-21-24-12-13-37(16-30(48-4)44(51-37)18-25-27(39)14-23(38)15-28(25)40)29-19-42(24)35(47)31-33(49-20-22-10-8-7-9-11-22)32(45)26(34(41)46)17-43(29)31/h7-11,14-15,17,24,29-30H,12-13,16,18-21H2,1-6H3,(H2,41,46)/t24-,29-,30?,37+/m1/s1. The van der Waals surface area contributed by atoms with Crippen molar-refractivity contribution in [3.8, 4) is 5.75 Å². The van der Waals surface area contributed by atoms with Crippen LogP contribution in [0.1, 0.15) is 78.0 Å². The van der Waals surface area contributed by atoms with Crippen LogP contribution in [-0.4, -0.2) is 72.8 Å². The fourth-order valence-electron chi connectivity index (χ4n) is 7.04. The number of aromatic nitrogens is 1. The van der Waals surface area contributed by atoms with Crippen LogP contribution in [0.5, 0.6) is 5.75 Å². The molecule has 2 amide bonds. The van der Waals surface area contributed by atoms with E-state index in [2.05, 4.69) is 33.9 Å². The molecule has 280 valence electrons. The van der Waals surface area contributed by atoms with Gasteiger partial charge < -0.3 is 29.1 Å². The lowest BCUT2D eigenvalue weighted by Gasteiger charge is -2.44. The first-order chi connectivity index (χ1) is 24.5. The number of hydrogen-bond acceptors (Lipinski definition) is 8. The molecular weight excluding hydrogens is 698 g/mol. The number of benzene rings is 2. The smallest absolute Gasteiger partial charge is 0.274 e. The van der Waals surface area contributed by atoms with E-state index in [9.17, 15) is 27.6 Å². The molecule has 2 saturated heterocycles. The second kappa shape index (κ2) is 14.1. The number of hydroxylamine groups is 2. The first-order valence-electron chi connectivity index (χ1n) is 17.3. The zero-order chi connectivity index (χ0) is 37.7. The molecule has 6 rings (SSSR count). The molecule has 3 aromatic rings. The van der Waals surface area contributed by atoms with Crippen LogP contribution in [0.2, 0.25) is 18.1 Å². The number of halogens is 3. The van der Waals surface area contributed by atoms with E-state index >= 15 is 0 Å². The Morgan fingerprint density at radius 1 is 1.10 bits per heavy atom. The number of primary amides is 1.